The van der Waals surface area contributed by atoms with Gasteiger partial charge in [-0.1, -0.05) is 5.57 Å². The van der Waals surface area contributed by atoms with Crippen molar-refractivity contribution in [2.45, 2.75) is 26.7 Å². The molecule has 0 aromatic rings. The minimum Gasteiger partial charge on any atom is -0.481 e. The lowest BCUT2D eigenvalue weighted by Crippen LogP contribution is -1.99. The van der Waals surface area contributed by atoms with E-state index >= 15 is 0 Å². The van der Waals surface area contributed by atoms with Crippen molar-refractivity contribution in [1.29, 1.82) is 0 Å². The van der Waals surface area contributed by atoms with Crippen LogP contribution in [0.3, 0.4) is 0 Å². The number of aliphatic carboxylic acids is 1. The van der Waals surface area contributed by atoms with Crippen LogP contribution in [0.5, 0.6) is 0 Å². The number of carbonyl (C=O) groups excluding carboxylic acids is 1. The first-order valence-electron chi connectivity index (χ1n) is 4.03. The quantitative estimate of drug-likeness (QED) is 0.520. The highest BCUT2D eigenvalue weighted by Crippen LogP contribution is 2.03. The minimum atomic E-state index is -0.819. The number of carbonyl (C=O) groups is 2. The second kappa shape index (κ2) is 6.22. The summed E-state index contributed by atoms with van der Waals surface area (Å²) < 4.78 is 4.66. The fourth-order valence-electron chi connectivity index (χ4n) is 0.707. The Labute approximate surface area is 77.2 Å². The van der Waals surface area contributed by atoms with Crippen LogP contribution in [0.2, 0.25) is 0 Å². The van der Waals surface area contributed by atoms with Crippen molar-refractivity contribution >= 4 is 11.9 Å². The van der Waals surface area contributed by atoms with Gasteiger partial charge in [0.2, 0.25) is 0 Å². The Kier molecular flexibility index (Phi) is 5.59. The molecule has 0 spiro atoms. The number of carboxylic acid groups (broad SMARTS) is 1. The molecule has 4 nitrogen and oxygen atoms in total. The molecule has 0 aliphatic carbocycles. The number of hydrogen-bond donors (Lipinski definition) is 1. The van der Waals surface area contributed by atoms with Crippen molar-refractivity contribution in [3.05, 3.63) is 11.6 Å². The van der Waals surface area contributed by atoms with Gasteiger partial charge >= 0.3 is 11.9 Å². The summed E-state index contributed by atoms with van der Waals surface area (Å²) in [5.41, 5.74) is 0.920. The third-order valence-electron chi connectivity index (χ3n) is 1.45. The highest BCUT2D eigenvalue weighted by atomic mass is 16.5. The molecule has 0 saturated carbocycles. The standard InChI is InChI=1S/C9H14O4/c1-7(3-4-9(11)12)5-6-13-8(2)10/h5H,3-4,6H2,1-2H3,(H,11,12). The third kappa shape index (κ3) is 8.59. The smallest absolute Gasteiger partial charge is 0.303 e. The Balaban J connectivity index is 3.63. The molecule has 4 heteroatoms. The van der Waals surface area contributed by atoms with E-state index in [1.54, 1.807) is 6.08 Å². The van der Waals surface area contributed by atoms with Crippen LogP contribution >= 0.6 is 0 Å². The minimum absolute atomic E-state index is 0.113. The van der Waals surface area contributed by atoms with E-state index in [1.165, 1.54) is 6.92 Å². The van der Waals surface area contributed by atoms with Gasteiger partial charge in [-0.15, -0.1) is 0 Å². The molecule has 0 aliphatic heterocycles. The Morgan fingerprint density at radius 3 is 2.38 bits per heavy atom. The topological polar surface area (TPSA) is 63.6 Å². The fraction of sp³-hybridized carbons (Fsp3) is 0.556. The van der Waals surface area contributed by atoms with Gasteiger partial charge in [0.15, 0.2) is 0 Å². The van der Waals surface area contributed by atoms with Crippen LogP contribution in [-0.2, 0) is 14.3 Å². The summed E-state index contributed by atoms with van der Waals surface area (Å²) in [5, 5.41) is 8.36. The van der Waals surface area contributed by atoms with Crippen LogP contribution < -0.4 is 0 Å². The van der Waals surface area contributed by atoms with E-state index in [9.17, 15) is 9.59 Å². The van der Waals surface area contributed by atoms with Crippen molar-refractivity contribution in [3.8, 4) is 0 Å². The highest BCUT2D eigenvalue weighted by Gasteiger charge is 1.97. The number of rotatable bonds is 5. The number of ether oxygens (including phenoxy) is 1. The summed E-state index contributed by atoms with van der Waals surface area (Å²) in [7, 11) is 0. The van der Waals surface area contributed by atoms with Crippen LogP contribution in [0.15, 0.2) is 11.6 Å². The predicted molar refractivity (Wildman–Crippen MR) is 47.3 cm³/mol. The number of allylic oxidation sites excluding steroid dienone is 1. The van der Waals surface area contributed by atoms with Crippen molar-refractivity contribution < 1.29 is 19.4 Å². The van der Waals surface area contributed by atoms with E-state index in [0.29, 0.717) is 6.42 Å². The fourth-order valence-corrected chi connectivity index (χ4v) is 0.707. The normalized spacial score (nSPS) is 11.1. The Bertz CT molecular complexity index is 218. The molecule has 0 bridgehead atoms. The molecule has 0 fully saturated rings. The van der Waals surface area contributed by atoms with Gasteiger partial charge in [-0.05, 0) is 19.4 Å². The molecule has 13 heavy (non-hydrogen) atoms. The van der Waals surface area contributed by atoms with Gasteiger partial charge in [0.05, 0.1) is 0 Å². The lowest BCUT2D eigenvalue weighted by molar-refractivity contribution is -0.140. The molecular weight excluding hydrogens is 172 g/mol. The average molecular weight is 186 g/mol. The summed E-state index contributed by atoms with van der Waals surface area (Å²) in [6.45, 7) is 3.37. The molecule has 74 valence electrons. The van der Waals surface area contributed by atoms with Gasteiger partial charge in [-0.2, -0.15) is 0 Å². The van der Waals surface area contributed by atoms with Crippen molar-refractivity contribution in [2.24, 2.45) is 0 Å². The Hall–Kier alpha value is -1.32. The third-order valence-corrected chi connectivity index (χ3v) is 1.45. The molecule has 0 saturated heterocycles. The van der Waals surface area contributed by atoms with Gasteiger partial charge in [0.25, 0.3) is 0 Å². The van der Waals surface area contributed by atoms with Crippen LogP contribution in [0.4, 0.5) is 0 Å². The van der Waals surface area contributed by atoms with E-state index in [2.05, 4.69) is 4.74 Å². The predicted octanol–water partition coefficient (Wildman–Crippen LogP) is 1.36. The molecule has 0 amide bonds. The van der Waals surface area contributed by atoms with Crippen LogP contribution in [0.25, 0.3) is 0 Å². The first kappa shape index (κ1) is 11.7. The van der Waals surface area contributed by atoms with Gasteiger partial charge in [-0.25, -0.2) is 0 Å². The number of hydrogen-bond acceptors (Lipinski definition) is 3. The van der Waals surface area contributed by atoms with Crippen molar-refractivity contribution in [2.75, 3.05) is 6.61 Å². The zero-order valence-electron chi connectivity index (χ0n) is 7.87. The van der Waals surface area contributed by atoms with E-state index in [0.717, 1.165) is 5.57 Å². The van der Waals surface area contributed by atoms with E-state index < -0.39 is 5.97 Å². The Morgan fingerprint density at radius 2 is 1.92 bits per heavy atom. The van der Waals surface area contributed by atoms with Gasteiger partial charge in [0, 0.05) is 13.3 Å². The van der Waals surface area contributed by atoms with Crippen molar-refractivity contribution in [3.63, 3.8) is 0 Å². The van der Waals surface area contributed by atoms with E-state index in [-0.39, 0.29) is 19.0 Å². The molecule has 0 atom stereocenters. The maximum atomic E-state index is 10.3. The summed E-state index contributed by atoms with van der Waals surface area (Å²) >= 11 is 0. The molecule has 1 N–H and O–H groups in total. The molecular formula is C9H14O4. The summed E-state index contributed by atoms with van der Waals surface area (Å²) in [6.07, 6.45) is 2.32. The zero-order valence-corrected chi connectivity index (χ0v) is 7.87. The molecule has 0 rings (SSSR count). The largest absolute Gasteiger partial charge is 0.481 e. The lowest BCUT2D eigenvalue weighted by atomic mass is 10.1. The molecule has 0 aromatic carbocycles. The lowest BCUT2D eigenvalue weighted by Gasteiger charge is -1.99. The molecule has 0 radical (unpaired) electrons. The summed E-state index contributed by atoms with van der Waals surface area (Å²) in [6, 6.07) is 0. The molecule has 0 unspecified atom stereocenters. The second-order valence-electron chi connectivity index (χ2n) is 2.75. The highest BCUT2D eigenvalue weighted by molar-refractivity contribution is 5.67. The van der Waals surface area contributed by atoms with Crippen LogP contribution in [0, 0.1) is 0 Å². The Morgan fingerprint density at radius 1 is 1.31 bits per heavy atom. The zero-order chi connectivity index (χ0) is 10.3. The molecule has 0 aliphatic rings. The van der Waals surface area contributed by atoms with E-state index in [4.69, 9.17) is 5.11 Å². The van der Waals surface area contributed by atoms with Gasteiger partial charge < -0.3 is 9.84 Å². The molecule has 0 aromatic heterocycles. The average Bonchev–Trinajstić information content (AvgIpc) is 2.00. The first-order chi connectivity index (χ1) is 6.02. The number of esters is 1. The van der Waals surface area contributed by atoms with Crippen molar-refractivity contribution in [1.82, 2.24) is 0 Å². The SMILES string of the molecule is CC(=O)OCC=C(C)CCC(=O)O. The number of carboxylic acids is 1. The maximum Gasteiger partial charge on any atom is 0.303 e. The monoisotopic (exact) mass is 186 g/mol. The first-order valence-corrected chi connectivity index (χ1v) is 4.03. The van der Waals surface area contributed by atoms with E-state index in [1.807, 2.05) is 6.92 Å². The summed E-state index contributed by atoms with van der Waals surface area (Å²) in [5.74, 6) is -1.15. The van der Waals surface area contributed by atoms with Gasteiger partial charge in [0.1, 0.15) is 6.61 Å². The van der Waals surface area contributed by atoms with Crippen LogP contribution in [0.1, 0.15) is 26.7 Å². The summed E-state index contributed by atoms with van der Waals surface area (Å²) in [4.78, 5) is 20.5. The molecule has 0 heterocycles. The second-order valence-corrected chi connectivity index (χ2v) is 2.75. The maximum absolute atomic E-state index is 10.3. The van der Waals surface area contributed by atoms with Gasteiger partial charge in [-0.3, -0.25) is 9.59 Å². The van der Waals surface area contributed by atoms with Crippen LogP contribution in [-0.4, -0.2) is 23.7 Å².